The molecule has 0 amide bonds. The Bertz CT molecular complexity index is 522. The van der Waals surface area contributed by atoms with Crippen LogP contribution in [0, 0.1) is 6.92 Å². The molecule has 0 bridgehead atoms. The van der Waals surface area contributed by atoms with Crippen LogP contribution in [0.3, 0.4) is 0 Å². The van der Waals surface area contributed by atoms with Crippen LogP contribution in [0.2, 0.25) is 9.36 Å². The summed E-state index contributed by atoms with van der Waals surface area (Å²) in [5.41, 5.74) is 2.53. The lowest BCUT2D eigenvalue weighted by Crippen LogP contribution is -2.16. The van der Waals surface area contributed by atoms with Crippen LogP contribution in [0.5, 0.6) is 0 Å². The van der Waals surface area contributed by atoms with Crippen LogP contribution in [0.15, 0.2) is 30.3 Å². The van der Waals surface area contributed by atoms with Gasteiger partial charge in [-0.3, -0.25) is 0 Å². The highest BCUT2D eigenvalue weighted by Gasteiger charge is 2.00. The molecular weight excluding hydrogens is 285 g/mol. The van der Waals surface area contributed by atoms with E-state index in [4.69, 9.17) is 23.2 Å². The van der Waals surface area contributed by atoms with Crippen LogP contribution in [-0.2, 0) is 13.0 Å². The molecule has 0 unspecified atom stereocenters. The van der Waals surface area contributed by atoms with Crippen molar-refractivity contribution in [1.82, 2.24) is 5.32 Å². The second-order valence-electron chi connectivity index (χ2n) is 4.20. The highest BCUT2D eigenvalue weighted by atomic mass is 35.5. The topological polar surface area (TPSA) is 12.0 Å². The van der Waals surface area contributed by atoms with Gasteiger partial charge in [-0.1, -0.05) is 29.3 Å². The van der Waals surface area contributed by atoms with Crippen molar-refractivity contribution in [2.75, 3.05) is 6.54 Å². The van der Waals surface area contributed by atoms with Crippen LogP contribution in [0.1, 0.15) is 16.0 Å². The molecule has 2 rings (SSSR count). The molecule has 0 aliphatic heterocycles. The van der Waals surface area contributed by atoms with Gasteiger partial charge in [-0.2, -0.15) is 0 Å². The van der Waals surface area contributed by atoms with Gasteiger partial charge in [-0.05, 0) is 48.7 Å². The van der Waals surface area contributed by atoms with Gasteiger partial charge >= 0.3 is 0 Å². The van der Waals surface area contributed by atoms with E-state index in [1.54, 1.807) is 11.3 Å². The van der Waals surface area contributed by atoms with E-state index >= 15 is 0 Å². The fourth-order valence-corrected chi connectivity index (χ4v) is 3.09. The van der Waals surface area contributed by atoms with E-state index in [1.807, 2.05) is 18.2 Å². The number of nitrogens with one attached hydrogen (secondary N) is 1. The van der Waals surface area contributed by atoms with Crippen molar-refractivity contribution in [3.05, 3.63) is 55.7 Å². The van der Waals surface area contributed by atoms with Crippen molar-refractivity contribution in [3.63, 3.8) is 0 Å². The third-order valence-corrected chi connectivity index (χ3v) is 4.32. The maximum absolute atomic E-state index is 5.93. The Morgan fingerprint density at radius 1 is 1.17 bits per heavy atom. The van der Waals surface area contributed by atoms with E-state index < -0.39 is 0 Å². The molecule has 1 heterocycles. The molecule has 1 aromatic carbocycles. The SMILES string of the molecule is Cc1cc(Cl)ccc1CNCCc1ccc(Cl)s1. The zero-order valence-electron chi connectivity index (χ0n) is 10.2. The van der Waals surface area contributed by atoms with Gasteiger partial charge in [0, 0.05) is 23.0 Å². The predicted octanol–water partition coefficient (Wildman–Crippen LogP) is 4.70. The first-order valence-electron chi connectivity index (χ1n) is 5.85. The Morgan fingerprint density at radius 2 is 2.00 bits per heavy atom. The second kappa shape index (κ2) is 6.58. The Morgan fingerprint density at radius 3 is 2.67 bits per heavy atom. The molecule has 0 saturated carbocycles. The molecule has 0 aliphatic rings. The van der Waals surface area contributed by atoms with E-state index in [-0.39, 0.29) is 0 Å². The van der Waals surface area contributed by atoms with Crippen molar-refractivity contribution in [3.8, 4) is 0 Å². The lowest BCUT2D eigenvalue weighted by Gasteiger charge is -2.07. The average Bonchev–Trinajstić information content (AvgIpc) is 2.73. The summed E-state index contributed by atoms with van der Waals surface area (Å²) in [5.74, 6) is 0. The molecule has 0 aliphatic carbocycles. The molecule has 1 N–H and O–H groups in total. The highest BCUT2D eigenvalue weighted by Crippen LogP contribution is 2.21. The zero-order valence-corrected chi connectivity index (χ0v) is 12.5. The summed E-state index contributed by atoms with van der Waals surface area (Å²) >= 11 is 13.5. The summed E-state index contributed by atoms with van der Waals surface area (Å²) in [6.45, 7) is 3.92. The van der Waals surface area contributed by atoms with Crippen molar-refractivity contribution in [1.29, 1.82) is 0 Å². The maximum Gasteiger partial charge on any atom is 0.0931 e. The minimum Gasteiger partial charge on any atom is -0.312 e. The van der Waals surface area contributed by atoms with Gasteiger partial charge in [0.05, 0.1) is 4.34 Å². The van der Waals surface area contributed by atoms with Gasteiger partial charge < -0.3 is 5.32 Å². The summed E-state index contributed by atoms with van der Waals surface area (Å²) in [5, 5.41) is 4.24. The Labute approximate surface area is 122 Å². The molecule has 96 valence electrons. The highest BCUT2D eigenvalue weighted by molar-refractivity contribution is 7.16. The standard InChI is InChI=1S/C14H15Cl2NS/c1-10-8-12(15)3-2-11(10)9-17-7-6-13-4-5-14(16)18-13/h2-5,8,17H,6-7,9H2,1H3. The minimum absolute atomic E-state index is 0.796. The molecule has 2 aromatic rings. The van der Waals surface area contributed by atoms with Crippen molar-refractivity contribution in [2.24, 2.45) is 0 Å². The Balaban J connectivity index is 1.78. The number of hydrogen-bond donors (Lipinski definition) is 1. The van der Waals surface area contributed by atoms with Gasteiger partial charge in [0.15, 0.2) is 0 Å². The molecule has 1 aromatic heterocycles. The summed E-state index contributed by atoms with van der Waals surface area (Å²) in [6, 6.07) is 10.0. The summed E-state index contributed by atoms with van der Waals surface area (Å²) < 4.78 is 0.860. The van der Waals surface area contributed by atoms with E-state index in [0.29, 0.717) is 0 Å². The average molecular weight is 300 g/mol. The first-order chi connectivity index (χ1) is 8.65. The van der Waals surface area contributed by atoms with Gasteiger partial charge in [0.1, 0.15) is 0 Å². The van der Waals surface area contributed by atoms with Crippen LogP contribution in [-0.4, -0.2) is 6.54 Å². The summed E-state index contributed by atoms with van der Waals surface area (Å²) in [7, 11) is 0. The van der Waals surface area contributed by atoms with Crippen LogP contribution in [0.4, 0.5) is 0 Å². The van der Waals surface area contributed by atoms with Gasteiger partial charge in [0.25, 0.3) is 0 Å². The predicted molar refractivity (Wildman–Crippen MR) is 80.9 cm³/mol. The number of benzene rings is 1. The fraction of sp³-hybridized carbons (Fsp3) is 0.286. The van der Waals surface area contributed by atoms with E-state index in [9.17, 15) is 0 Å². The van der Waals surface area contributed by atoms with Gasteiger partial charge in [0.2, 0.25) is 0 Å². The van der Waals surface area contributed by atoms with E-state index in [0.717, 1.165) is 28.9 Å². The molecular formula is C14H15Cl2NS. The largest absolute Gasteiger partial charge is 0.312 e. The quantitative estimate of drug-likeness (QED) is 0.790. The second-order valence-corrected chi connectivity index (χ2v) is 6.44. The van der Waals surface area contributed by atoms with Gasteiger partial charge in [-0.15, -0.1) is 11.3 Å². The first kappa shape index (κ1) is 13.9. The minimum atomic E-state index is 0.796. The molecule has 0 saturated heterocycles. The fourth-order valence-electron chi connectivity index (χ4n) is 1.78. The summed E-state index contributed by atoms with van der Waals surface area (Å²) in [6.07, 6.45) is 1.02. The van der Waals surface area contributed by atoms with E-state index in [1.165, 1.54) is 16.0 Å². The van der Waals surface area contributed by atoms with E-state index in [2.05, 4.69) is 24.4 Å². The summed E-state index contributed by atoms with van der Waals surface area (Å²) in [4.78, 5) is 1.32. The lowest BCUT2D eigenvalue weighted by atomic mass is 10.1. The molecule has 18 heavy (non-hydrogen) atoms. The molecule has 0 atom stereocenters. The van der Waals surface area contributed by atoms with Crippen molar-refractivity contribution >= 4 is 34.5 Å². The van der Waals surface area contributed by atoms with Gasteiger partial charge in [-0.25, -0.2) is 0 Å². The third-order valence-electron chi connectivity index (χ3n) is 2.80. The molecule has 0 spiro atoms. The Kier molecular flexibility index (Phi) is 5.07. The number of thiophene rings is 1. The Hall–Kier alpha value is -0.540. The monoisotopic (exact) mass is 299 g/mol. The van der Waals surface area contributed by atoms with Crippen molar-refractivity contribution < 1.29 is 0 Å². The smallest absolute Gasteiger partial charge is 0.0931 e. The number of rotatable bonds is 5. The van der Waals surface area contributed by atoms with Crippen LogP contribution in [0.25, 0.3) is 0 Å². The van der Waals surface area contributed by atoms with Crippen LogP contribution < -0.4 is 5.32 Å². The van der Waals surface area contributed by atoms with Crippen LogP contribution >= 0.6 is 34.5 Å². The third kappa shape index (κ3) is 3.99. The number of halogens is 2. The zero-order chi connectivity index (χ0) is 13.0. The molecule has 4 heteroatoms. The number of aryl methyl sites for hydroxylation is 1. The lowest BCUT2D eigenvalue weighted by molar-refractivity contribution is 0.688. The van der Waals surface area contributed by atoms with Crippen molar-refractivity contribution in [2.45, 2.75) is 19.9 Å². The molecule has 0 radical (unpaired) electrons. The first-order valence-corrected chi connectivity index (χ1v) is 7.42. The molecule has 1 nitrogen and oxygen atoms in total. The molecule has 0 fully saturated rings. The number of hydrogen-bond acceptors (Lipinski definition) is 2. The normalized spacial score (nSPS) is 10.8. The maximum atomic E-state index is 5.93.